The Hall–Kier alpha value is -2.94. The van der Waals surface area contributed by atoms with Crippen LogP contribution in [0.1, 0.15) is 129 Å². The molecule has 0 aliphatic rings. The molecule has 0 heterocycles. The summed E-state index contributed by atoms with van der Waals surface area (Å²) in [5, 5.41) is 31.6. The van der Waals surface area contributed by atoms with Crippen molar-refractivity contribution in [1.82, 2.24) is 0 Å². The van der Waals surface area contributed by atoms with Crippen molar-refractivity contribution in [1.29, 1.82) is 0 Å². The number of aryl methyl sites for hydroxylation is 4. The largest absolute Gasteiger partial charge is 0.508 e. The lowest BCUT2D eigenvalue weighted by Gasteiger charge is -2.27. The third kappa shape index (κ3) is 7.62. The van der Waals surface area contributed by atoms with Crippen molar-refractivity contribution in [3.63, 3.8) is 0 Å². The van der Waals surface area contributed by atoms with Crippen LogP contribution in [0.25, 0.3) is 0 Å². The van der Waals surface area contributed by atoms with Crippen molar-refractivity contribution >= 4 is 0 Å². The molecule has 0 radical (unpaired) electrons. The molecule has 2 atom stereocenters. The van der Waals surface area contributed by atoms with Gasteiger partial charge in [0.1, 0.15) is 17.2 Å². The van der Waals surface area contributed by atoms with Crippen molar-refractivity contribution in [2.45, 2.75) is 119 Å². The van der Waals surface area contributed by atoms with Gasteiger partial charge in [-0.1, -0.05) is 60.1 Å². The van der Waals surface area contributed by atoms with E-state index in [1.54, 1.807) is 0 Å². The van der Waals surface area contributed by atoms with Gasteiger partial charge in [0.25, 0.3) is 0 Å². The van der Waals surface area contributed by atoms with E-state index in [1.165, 1.54) is 22.3 Å². The van der Waals surface area contributed by atoms with Gasteiger partial charge in [0.05, 0.1) is 0 Å². The zero-order valence-electron chi connectivity index (χ0n) is 26.4. The smallest absolute Gasteiger partial charge is 0.119 e. The number of phenolic OH excluding ortho intramolecular Hbond substituents is 3. The SMILES string of the molecule is CCCCc1cc(CC(Cc2c(C)cc(O)cc2C(C)C)CC(C)c2cc(C(C)C)c(O)cc2C)c(C)cc1O. The van der Waals surface area contributed by atoms with E-state index < -0.39 is 0 Å². The molecule has 0 saturated carbocycles. The van der Waals surface area contributed by atoms with Gasteiger partial charge in [0, 0.05) is 0 Å². The number of aromatic hydroxyl groups is 3. The second-order valence-corrected chi connectivity index (χ2v) is 12.8. The van der Waals surface area contributed by atoms with Crippen molar-refractivity contribution in [3.05, 3.63) is 86.5 Å². The number of benzene rings is 3. The molecule has 0 amide bonds. The summed E-state index contributed by atoms with van der Waals surface area (Å²) in [5.41, 5.74) is 10.7. The minimum atomic E-state index is 0.261. The fraction of sp³-hybridized carbons (Fsp3) is 0.514. The zero-order chi connectivity index (χ0) is 29.7. The lowest BCUT2D eigenvalue weighted by Crippen LogP contribution is -2.16. The van der Waals surface area contributed by atoms with Crippen LogP contribution in [0, 0.1) is 26.7 Å². The second kappa shape index (κ2) is 13.6. The minimum absolute atomic E-state index is 0.261. The molecule has 3 rings (SSSR count). The fourth-order valence-electron chi connectivity index (χ4n) is 6.38. The van der Waals surface area contributed by atoms with Gasteiger partial charge in [0.2, 0.25) is 0 Å². The molecule has 2 unspecified atom stereocenters. The fourth-order valence-corrected chi connectivity index (χ4v) is 6.38. The lowest BCUT2D eigenvalue weighted by molar-refractivity contribution is 0.433. The van der Waals surface area contributed by atoms with Gasteiger partial charge in [0.15, 0.2) is 0 Å². The van der Waals surface area contributed by atoms with Gasteiger partial charge >= 0.3 is 0 Å². The van der Waals surface area contributed by atoms with E-state index in [9.17, 15) is 15.3 Å². The Balaban J connectivity index is 2.05. The average Bonchev–Trinajstić information content (AvgIpc) is 2.85. The standard InChI is InChI=1S/C37H52O3/c1-10-11-12-29-19-30(24(6)15-36(29)39)17-28(18-35-26(8)14-31(38)20-32(35)22(2)3)13-25(7)34-21-33(23(4)5)37(40)16-27(34)9/h14-16,19-23,25,28,38-40H,10-13,17-18H2,1-9H3. The van der Waals surface area contributed by atoms with Crippen LogP contribution in [0.4, 0.5) is 0 Å². The first-order chi connectivity index (χ1) is 18.8. The molecular formula is C37H52O3. The van der Waals surface area contributed by atoms with E-state index in [1.807, 2.05) is 24.3 Å². The summed E-state index contributed by atoms with van der Waals surface area (Å²) in [4.78, 5) is 0. The number of hydrogen-bond donors (Lipinski definition) is 3. The normalized spacial score (nSPS) is 13.3. The Bertz CT molecular complexity index is 1300. The van der Waals surface area contributed by atoms with Crippen molar-refractivity contribution < 1.29 is 15.3 Å². The van der Waals surface area contributed by atoms with Crippen molar-refractivity contribution in [2.24, 2.45) is 5.92 Å². The molecule has 0 fully saturated rings. The molecule has 40 heavy (non-hydrogen) atoms. The van der Waals surface area contributed by atoms with Gasteiger partial charge in [-0.05, 0) is 151 Å². The summed E-state index contributed by atoms with van der Waals surface area (Å²) in [6, 6.07) is 12.2. The van der Waals surface area contributed by atoms with Crippen LogP contribution in [-0.2, 0) is 19.3 Å². The molecule has 0 aliphatic heterocycles. The topological polar surface area (TPSA) is 60.7 Å². The van der Waals surface area contributed by atoms with Gasteiger partial charge in [-0.2, -0.15) is 0 Å². The first-order valence-corrected chi connectivity index (χ1v) is 15.3. The third-order valence-corrected chi connectivity index (χ3v) is 8.71. The van der Waals surface area contributed by atoms with Crippen LogP contribution < -0.4 is 0 Å². The first kappa shape index (κ1) is 31.6. The van der Waals surface area contributed by atoms with E-state index in [-0.39, 0.29) is 5.92 Å². The van der Waals surface area contributed by atoms with E-state index in [0.29, 0.717) is 35.0 Å². The summed E-state index contributed by atoms with van der Waals surface area (Å²) >= 11 is 0. The summed E-state index contributed by atoms with van der Waals surface area (Å²) in [5.74, 6) is 2.41. The van der Waals surface area contributed by atoms with Crippen molar-refractivity contribution in [3.8, 4) is 17.2 Å². The van der Waals surface area contributed by atoms with E-state index in [2.05, 4.69) is 74.4 Å². The van der Waals surface area contributed by atoms with E-state index >= 15 is 0 Å². The highest BCUT2D eigenvalue weighted by Gasteiger charge is 2.23. The average molecular weight is 545 g/mol. The number of rotatable bonds is 12. The zero-order valence-corrected chi connectivity index (χ0v) is 26.4. The van der Waals surface area contributed by atoms with Gasteiger partial charge in [-0.15, -0.1) is 0 Å². The number of hydrogen-bond acceptors (Lipinski definition) is 3. The molecule has 3 nitrogen and oxygen atoms in total. The maximum absolute atomic E-state index is 10.6. The molecule has 218 valence electrons. The predicted molar refractivity (Wildman–Crippen MR) is 169 cm³/mol. The van der Waals surface area contributed by atoms with Gasteiger partial charge in [-0.3, -0.25) is 0 Å². The molecule has 3 aromatic rings. The molecule has 3 heteroatoms. The molecule has 0 aliphatic carbocycles. The quantitative estimate of drug-likeness (QED) is 0.213. The monoisotopic (exact) mass is 544 g/mol. The summed E-state index contributed by atoms with van der Waals surface area (Å²) in [6.07, 6.45) is 5.94. The molecule has 0 aromatic heterocycles. The summed E-state index contributed by atoms with van der Waals surface area (Å²) in [7, 11) is 0. The molecule has 3 aromatic carbocycles. The van der Waals surface area contributed by atoms with Crippen LogP contribution in [0.5, 0.6) is 17.2 Å². The van der Waals surface area contributed by atoms with Crippen molar-refractivity contribution in [2.75, 3.05) is 0 Å². The lowest BCUT2D eigenvalue weighted by atomic mass is 9.78. The highest BCUT2D eigenvalue weighted by atomic mass is 16.3. The van der Waals surface area contributed by atoms with Crippen LogP contribution in [-0.4, -0.2) is 15.3 Å². The minimum Gasteiger partial charge on any atom is -0.508 e. The predicted octanol–water partition coefficient (Wildman–Crippen LogP) is 9.91. The Kier molecular flexibility index (Phi) is 10.8. The highest BCUT2D eigenvalue weighted by molar-refractivity contribution is 5.46. The van der Waals surface area contributed by atoms with Gasteiger partial charge < -0.3 is 15.3 Å². The van der Waals surface area contributed by atoms with Gasteiger partial charge in [-0.25, -0.2) is 0 Å². The Morgan fingerprint density at radius 2 is 1.27 bits per heavy atom. The highest BCUT2D eigenvalue weighted by Crippen LogP contribution is 2.38. The van der Waals surface area contributed by atoms with Crippen LogP contribution >= 0.6 is 0 Å². The molecular weight excluding hydrogens is 492 g/mol. The first-order valence-electron chi connectivity index (χ1n) is 15.3. The van der Waals surface area contributed by atoms with E-state index in [0.717, 1.165) is 66.3 Å². The Morgan fingerprint density at radius 1 is 0.625 bits per heavy atom. The molecule has 0 saturated heterocycles. The second-order valence-electron chi connectivity index (χ2n) is 12.8. The molecule has 3 N–H and O–H groups in total. The number of phenols is 3. The Labute approximate surface area is 243 Å². The third-order valence-electron chi connectivity index (χ3n) is 8.71. The molecule has 0 spiro atoms. The number of unbranched alkanes of at least 4 members (excludes halogenated alkanes) is 1. The van der Waals surface area contributed by atoms with E-state index in [4.69, 9.17) is 0 Å². The summed E-state index contributed by atoms with van der Waals surface area (Å²) in [6.45, 7) is 19.5. The maximum Gasteiger partial charge on any atom is 0.119 e. The maximum atomic E-state index is 10.6. The molecule has 0 bridgehead atoms. The summed E-state index contributed by atoms with van der Waals surface area (Å²) < 4.78 is 0. The Morgan fingerprint density at radius 3 is 1.90 bits per heavy atom. The van der Waals surface area contributed by atoms with Crippen LogP contribution in [0.15, 0.2) is 36.4 Å². The van der Waals surface area contributed by atoms with Crippen LogP contribution in [0.2, 0.25) is 0 Å². The van der Waals surface area contributed by atoms with Crippen LogP contribution in [0.3, 0.4) is 0 Å².